The predicted octanol–water partition coefficient (Wildman–Crippen LogP) is 2.50. The molecule has 0 spiro atoms. The fourth-order valence-corrected chi connectivity index (χ4v) is 2.12. The van der Waals surface area contributed by atoms with Gasteiger partial charge in [-0.2, -0.15) is 0 Å². The standard InChI is InChI=1S/C12H14FN/c1-2-12(14)11-7-9(13)6-8-4-3-5-10(8)11/h2,6-7,12H,1,3-5,14H2. The molecule has 1 unspecified atom stereocenters. The summed E-state index contributed by atoms with van der Waals surface area (Å²) in [5.74, 6) is -0.182. The molecule has 1 aliphatic carbocycles. The molecule has 1 aromatic carbocycles. The first-order valence-corrected chi connectivity index (χ1v) is 4.91. The Bertz CT molecular complexity index is 371. The maximum atomic E-state index is 13.2. The highest BCUT2D eigenvalue weighted by atomic mass is 19.1. The van der Waals surface area contributed by atoms with Crippen LogP contribution in [0.4, 0.5) is 4.39 Å². The second kappa shape index (κ2) is 3.54. The molecule has 2 rings (SSSR count). The summed E-state index contributed by atoms with van der Waals surface area (Å²) in [4.78, 5) is 0. The lowest BCUT2D eigenvalue weighted by Crippen LogP contribution is -2.10. The van der Waals surface area contributed by atoms with Crippen molar-refractivity contribution in [3.8, 4) is 0 Å². The Labute approximate surface area is 83.4 Å². The van der Waals surface area contributed by atoms with Crippen LogP contribution in [0.1, 0.15) is 29.2 Å². The van der Waals surface area contributed by atoms with Gasteiger partial charge in [0.05, 0.1) is 0 Å². The Morgan fingerprint density at radius 3 is 2.93 bits per heavy atom. The van der Waals surface area contributed by atoms with Crippen molar-refractivity contribution in [1.82, 2.24) is 0 Å². The van der Waals surface area contributed by atoms with Crippen molar-refractivity contribution in [1.29, 1.82) is 0 Å². The molecular formula is C12H14FN. The third-order valence-electron chi connectivity index (χ3n) is 2.83. The number of halogens is 1. The van der Waals surface area contributed by atoms with Crippen LogP contribution in [0, 0.1) is 5.82 Å². The lowest BCUT2D eigenvalue weighted by molar-refractivity contribution is 0.621. The minimum absolute atomic E-state index is 0.182. The fourth-order valence-electron chi connectivity index (χ4n) is 2.12. The molecular weight excluding hydrogens is 177 g/mol. The van der Waals surface area contributed by atoms with Gasteiger partial charge in [-0.3, -0.25) is 0 Å². The van der Waals surface area contributed by atoms with Crippen molar-refractivity contribution in [3.63, 3.8) is 0 Å². The van der Waals surface area contributed by atoms with E-state index in [1.54, 1.807) is 12.1 Å². The van der Waals surface area contributed by atoms with E-state index in [1.165, 1.54) is 11.6 Å². The largest absolute Gasteiger partial charge is 0.321 e. The highest BCUT2D eigenvalue weighted by Gasteiger charge is 2.18. The van der Waals surface area contributed by atoms with Crippen molar-refractivity contribution >= 4 is 0 Å². The molecule has 0 bridgehead atoms. The van der Waals surface area contributed by atoms with E-state index >= 15 is 0 Å². The van der Waals surface area contributed by atoms with Crippen molar-refractivity contribution in [2.45, 2.75) is 25.3 Å². The van der Waals surface area contributed by atoms with Crippen LogP contribution in [0.2, 0.25) is 0 Å². The van der Waals surface area contributed by atoms with E-state index in [-0.39, 0.29) is 11.9 Å². The Morgan fingerprint density at radius 1 is 1.43 bits per heavy atom. The van der Waals surface area contributed by atoms with Crippen molar-refractivity contribution in [3.05, 3.63) is 47.3 Å². The topological polar surface area (TPSA) is 26.0 Å². The van der Waals surface area contributed by atoms with Gasteiger partial charge in [-0.15, -0.1) is 6.58 Å². The predicted molar refractivity (Wildman–Crippen MR) is 55.6 cm³/mol. The molecule has 14 heavy (non-hydrogen) atoms. The maximum Gasteiger partial charge on any atom is 0.123 e. The summed E-state index contributed by atoms with van der Waals surface area (Å²) < 4.78 is 13.2. The number of hydrogen-bond acceptors (Lipinski definition) is 1. The summed E-state index contributed by atoms with van der Waals surface area (Å²) in [7, 11) is 0. The maximum absolute atomic E-state index is 13.2. The second-order valence-corrected chi connectivity index (χ2v) is 3.75. The third kappa shape index (κ3) is 1.46. The van der Waals surface area contributed by atoms with Gasteiger partial charge in [0.1, 0.15) is 5.82 Å². The zero-order chi connectivity index (χ0) is 10.1. The molecule has 1 nitrogen and oxygen atoms in total. The Balaban J connectivity index is 2.53. The summed E-state index contributed by atoms with van der Waals surface area (Å²) in [6, 6.07) is 2.93. The summed E-state index contributed by atoms with van der Waals surface area (Å²) in [6.07, 6.45) is 4.76. The normalized spacial score (nSPS) is 16.4. The molecule has 0 heterocycles. The van der Waals surface area contributed by atoms with Crippen LogP contribution in [0.15, 0.2) is 24.8 Å². The fraction of sp³-hybridized carbons (Fsp3) is 0.333. The summed E-state index contributed by atoms with van der Waals surface area (Å²) in [5, 5.41) is 0. The average Bonchev–Trinajstić information content (AvgIpc) is 2.62. The molecule has 0 radical (unpaired) electrons. The summed E-state index contributed by atoms with van der Waals surface area (Å²) in [5.41, 5.74) is 9.12. The minimum atomic E-state index is -0.238. The molecule has 0 aromatic heterocycles. The first kappa shape index (κ1) is 9.41. The summed E-state index contributed by atoms with van der Waals surface area (Å²) in [6.45, 7) is 3.64. The van der Waals surface area contributed by atoms with Gasteiger partial charge in [0.15, 0.2) is 0 Å². The van der Waals surface area contributed by atoms with E-state index in [4.69, 9.17) is 5.73 Å². The van der Waals surface area contributed by atoms with Crippen LogP contribution in [0.5, 0.6) is 0 Å². The van der Waals surface area contributed by atoms with Crippen molar-refractivity contribution in [2.75, 3.05) is 0 Å². The number of benzene rings is 1. The number of hydrogen-bond donors (Lipinski definition) is 1. The molecule has 2 N–H and O–H groups in total. The third-order valence-corrected chi connectivity index (χ3v) is 2.83. The minimum Gasteiger partial charge on any atom is -0.321 e. The van der Waals surface area contributed by atoms with E-state index in [0.717, 1.165) is 30.4 Å². The lowest BCUT2D eigenvalue weighted by Gasteiger charge is -2.12. The van der Waals surface area contributed by atoms with Crippen LogP contribution >= 0.6 is 0 Å². The highest BCUT2D eigenvalue weighted by molar-refractivity contribution is 5.41. The molecule has 1 aromatic rings. The smallest absolute Gasteiger partial charge is 0.123 e. The van der Waals surface area contributed by atoms with Crippen molar-refractivity contribution < 1.29 is 4.39 Å². The van der Waals surface area contributed by atoms with Crippen LogP contribution in [-0.4, -0.2) is 0 Å². The van der Waals surface area contributed by atoms with Gasteiger partial charge >= 0.3 is 0 Å². The Kier molecular flexibility index (Phi) is 2.38. The number of aryl methyl sites for hydroxylation is 1. The zero-order valence-electron chi connectivity index (χ0n) is 8.09. The van der Waals surface area contributed by atoms with Gasteiger partial charge in [0, 0.05) is 6.04 Å². The van der Waals surface area contributed by atoms with Crippen LogP contribution in [-0.2, 0) is 12.8 Å². The van der Waals surface area contributed by atoms with Gasteiger partial charge < -0.3 is 5.73 Å². The lowest BCUT2D eigenvalue weighted by atomic mass is 9.97. The van der Waals surface area contributed by atoms with E-state index in [2.05, 4.69) is 6.58 Å². The Morgan fingerprint density at radius 2 is 2.21 bits per heavy atom. The molecule has 0 amide bonds. The van der Waals surface area contributed by atoms with E-state index in [9.17, 15) is 4.39 Å². The van der Waals surface area contributed by atoms with Gasteiger partial charge in [-0.1, -0.05) is 6.08 Å². The van der Waals surface area contributed by atoms with Gasteiger partial charge in [-0.25, -0.2) is 4.39 Å². The van der Waals surface area contributed by atoms with Crippen LogP contribution < -0.4 is 5.73 Å². The quantitative estimate of drug-likeness (QED) is 0.714. The molecule has 0 fully saturated rings. The van der Waals surface area contributed by atoms with Gasteiger partial charge in [0.2, 0.25) is 0 Å². The highest BCUT2D eigenvalue weighted by Crippen LogP contribution is 2.29. The van der Waals surface area contributed by atoms with E-state index in [0.29, 0.717) is 0 Å². The molecule has 0 aliphatic heterocycles. The first-order chi connectivity index (χ1) is 6.72. The van der Waals surface area contributed by atoms with E-state index < -0.39 is 0 Å². The van der Waals surface area contributed by atoms with Crippen LogP contribution in [0.3, 0.4) is 0 Å². The molecule has 1 aliphatic rings. The zero-order valence-corrected chi connectivity index (χ0v) is 8.09. The summed E-state index contributed by atoms with van der Waals surface area (Å²) >= 11 is 0. The van der Waals surface area contributed by atoms with Gasteiger partial charge in [0.25, 0.3) is 0 Å². The van der Waals surface area contributed by atoms with Crippen molar-refractivity contribution in [2.24, 2.45) is 5.73 Å². The molecule has 2 heteroatoms. The molecule has 0 saturated heterocycles. The van der Waals surface area contributed by atoms with Gasteiger partial charge in [-0.05, 0) is 48.1 Å². The van der Waals surface area contributed by atoms with E-state index in [1.807, 2.05) is 0 Å². The molecule has 0 saturated carbocycles. The Hall–Kier alpha value is -1.15. The molecule has 74 valence electrons. The number of rotatable bonds is 2. The average molecular weight is 191 g/mol. The monoisotopic (exact) mass is 191 g/mol. The second-order valence-electron chi connectivity index (χ2n) is 3.75. The molecule has 1 atom stereocenters. The number of fused-ring (bicyclic) bond motifs is 1. The van der Waals surface area contributed by atoms with Crippen LogP contribution in [0.25, 0.3) is 0 Å². The number of nitrogens with two attached hydrogens (primary N) is 1. The SMILES string of the molecule is C=CC(N)c1cc(F)cc2c1CCC2. The first-order valence-electron chi connectivity index (χ1n) is 4.91.